The lowest BCUT2D eigenvalue weighted by Crippen LogP contribution is -2.01. The van der Waals surface area contributed by atoms with Crippen LogP contribution in [0.4, 0.5) is 0 Å². The van der Waals surface area contributed by atoms with Crippen molar-refractivity contribution in [3.63, 3.8) is 0 Å². The van der Waals surface area contributed by atoms with Crippen LogP contribution in [0.3, 0.4) is 0 Å². The molecule has 7 nitrogen and oxygen atoms in total. The summed E-state index contributed by atoms with van der Waals surface area (Å²) in [5.74, 6) is -0.314. The number of carboxylic acid groups (broad SMARTS) is 1. The molecule has 0 aliphatic heterocycles. The van der Waals surface area contributed by atoms with Crippen LogP contribution in [0.15, 0.2) is 79.0 Å². The van der Waals surface area contributed by atoms with Gasteiger partial charge in [0.1, 0.15) is 11.9 Å². The van der Waals surface area contributed by atoms with Crippen molar-refractivity contribution >= 4 is 51.9 Å². The van der Waals surface area contributed by atoms with Crippen molar-refractivity contribution in [1.29, 1.82) is 5.26 Å². The van der Waals surface area contributed by atoms with Gasteiger partial charge in [0, 0.05) is 34.3 Å². The van der Waals surface area contributed by atoms with E-state index in [1.165, 1.54) is 0 Å². The first-order valence-electron chi connectivity index (χ1n) is 11.2. The first kappa shape index (κ1) is 25.7. The monoisotopic (exact) mass is 529 g/mol. The minimum absolute atomic E-state index is 0.424. The molecule has 5 aromatic rings. The van der Waals surface area contributed by atoms with Gasteiger partial charge in [-0.3, -0.25) is 9.48 Å². The standard InChI is InChI=1S/C26H17Cl2N5.C2H4O2/c27-21-11-10-18(22(28)13-21)15-33-16-20(25(32-33)17-6-2-1-3-7-17)12-19(14-29)26-30-23-8-4-5-9-24(23)31-26;1-2(3)4/h1-13,16H,15H2,(H,30,31);1H3,(H,3,4)/b19-12+;. The van der Waals surface area contributed by atoms with E-state index in [1.54, 1.807) is 12.1 Å². The van der Waals surface area contributed by atoms with Crippen LogP contribution in [0.2, 0.25) is 10.0 Å². The molecule has 37 heavy (non-hydrogen) atoms. The Bertz CT molecular complexity index is 1590. The zero-order chi connectivity index (χ0) is 26.4. The number of allylic oxidation sites excluding steroid dienone is 1. The molecule has 0 amide bonds. The van der Waals surface area contributed by atoms with E-state index in [2.05, 4.69) is 16.0 Å². The molecule has 3 aromatic carbocycles. The lowest BCUT2D eigenvalue weighted by atomic mass is 10.1. The van der Waals surface area contributed by atoms with E-state index in [1.807, 2.05) is 77.6 Å². The number of carboxylic acids is 1. The number of nitrogens with zero attached hydrogens (tertiary/aromatic N) is 4. The van der Waals surface area contributed by atoms with Crippen LogP contribution in [0, 0.1) is 11.3 Å². The summed E-state index contributed by atoms with van der Waals surface area (Å²) in [6.45, 7) is 1.55. The summed E-state index contributed by atoms with van der Waals surface area (Å²) in [5.41, 5.74) is 5.54. The Labute approximate surface area is 223 Å². The smallest absolute Gasteiger partial charge is 0.300 e. The van der Waals surface area contributed by atoms with Crippen molar-refractivity contribution in [1.82, 2.24) is 19.7 Å². The normalized spacial score (nSPS) is 11.0. The zero-order valence-electron chi connectivity index (χ0n) is 19.7. The summed E-state index contributed by atoms with van der Waals surface area (Å²) in [7, 11) is 0. The third-order valence-corrected chi connectivity index (χ3v) is 5.84. The third-order valence-electron chi connectivity index (χ3n) is 5.25. The van der Waals surface area contributed by atoms with Gasteiger partial charge >= 0.3 is 0 Å². The van der Waals surface area contributed by atoms with Crippen molar-refractivity contribution < 1.29 is 9.90 Å². The number of rotatable bonds is 5. The molecular formula is C28H21Cl2N5O2. The molecule has 0 aliphatic rings. The summed E-state index contributed by atoms with van der Waals surface area (Å²) in [5, 5.41) is 23.3. The molecule has 2 heterocycles. The van der Waals surface area contributed by atoms with Gasteiger partial charge in [0.05, 0.1) is 28.8 Å². The van der Waals surface area contributed by atoms with Crippen LogP contribution in [0.5, 0.6) is 0 Å². The predicted molar refractivity (Wildman–Crippen MR) is 146 cm³/mol. The van der Waals surface area contributed by atoms with E-state index < -0.39 is 5.97 Å². The Morgan fingerprint density at radius 3 is 2.49 bits per heavy atom. The first-order chi connectivity index (χ1) is 17.8. The molecule has 5 rings (SSSR count). The molecule has 0 aliphatic carbocycles. The minimum atomic E-state index is -0.833. The molecule has 2 aromatic heterocycles. The number of para-hydroxylation sites is 2. The maximum absolute atomic E-state index is 9.90. The maximum atomic E-state index is 9.90. The molecule has 0 unspecified atom stereocenters. The molecule has 9 heteroatoms. The number of aromatic amines is 1. The molecule has 0 spiro atoms. The second-order valence-corrected chi connectivity index (χ2v) is 8.87. The maximum Gasteiger partial charge on any atom is 0.300 e. The number of hydrogen-bond donors (Lipinski definition) is 2. The van der Waals surface area contributed by atoms with Gasteiger partial charge in [-0.25, -0.2) is 4.98 Å². The fourth-order valence-electron chi connectivity index (χ4n) is 3.66. The minimum Gasteiger partial charge on any atom is -0.481 e. The Morgan fingerprint density at radius 1 is 1.11 bits per heavy atom. The van der Waals surface area contributed by atoms with Gasteiger partial charge in [-0.1, -0.05) is 71.7 Å². The van der Waals surface area contributed by atoms with Gasteiger partial charge in [0.2, 0.25) is 0 Å². The predicted octanol–water partition coefficient (Wildman–Crippen LogP) is 6.94. The molecule has 0 radical (unpaired) electrons. The number of H-pyrrole nitrogens is 1. The van der Waals surface area contributed by atoms with E-state index >= 15 is 0 Å². The number of imidazole rings is 1. The van der Waals surface area contributed by atoms with Crippen LogP contribution in [0.1, 0.15) is 23.9 Å². The van der Waals surface area contributed by atoms with E-state index in [0.29, 0.717) is 28.0 Å². The van der Waals surface area contributed by atoms with Crippen molar-refractivity contribution in [2.24, 2.45) is 0 Å². The molecular weight excluding hydrogens is 509 g/mol. The van der Waals surface area contributed by atoms with E-state index in [0.717, 1.165) is 40.3 Å². The number of aliphatic carboxylic acids is 1. The first-order valence-corrected chi connectivity index (χ1v) is 11.9. The average Bonchev–Trinajstić information content (AvgIpc) is 3.48. The highest BCUT2D eigenvalue weighted by atomic mass is 35.5. The highest BCUT2D eigenvalue weighted by Crippen LogP contribution is 2.28. The van der Waals surface area contributed by atoms with Crippen molar-refractivity contribution in [3.8, 4) is 17.3 Å². The van der Waals surface area contributed by atoms with Gasteiger partial charge in [-0.05, 0) is 35.9 Å². The van der Waals surface area contributed by atoms with Crippen LogP contribution >= 0.6 is 23.2 Å². The van der Waals surface area contributed by atoms with Gasteiger partial charge in [-0.2, -0.15) is 10.4 Å². The van der Waals surface area contributed by atoms with Gasteiger partial charge in [-0.15, -0.1) is 0 Å². The Kier molecular flexibility index (Phi) is 8.04. The van der Waals surface area contributed by atoms with E-state index in [4.69, 9.17) is 38.2 Å². The molecule has 0 bridgehead atoms. The van der Waals surface area contributed by atoms with Gasteiger partial charge in [0.15, 0.2) is 0 Å². The van der Waals surface area contributed by atoms with E-state index in [-0.39, 0.29) is 0 Å². The van der Waals surface area contributed by atoms with Gasteiger partial charge in [0.25, 0.3) is 5.97 Å². The summed E-state index contributed by atoms with van der Waals surface area (Å²) in [4.78, 5) is 16.8. The topological polar surface area (TPSA) is 108 Å². The lowest BCUT2D eigenvalue weighted by molar-refractivity contribution is -0.134. The molecule has 2 N–H and O–H groups in total. The quantitative estimate of drug-likeness (QED) is 0.240. The molecule has 0 fully saturated rings. The number of fused-ring (bicyclic) bond motifs is 1. The molecule has 0 saturated heterocycles. The second kappa shape index (κ2) is 11.6. The van der Waals surface area contributed by atoms with Crippen molar-refractivity contribution in [3.05, 3.63) is 106 Å². The average molecular weight is 530 g/mol. The lowest BCUT2D eigenvalue weighted by Gasteiger charge is -2.05. The van der Waals surface area contributed by atoms with Crippen molar-refractivity contribution in [2.45, 2.75) is 13.5 Å². The van der Waals surface area contributed by atoms with Crippen LogP contribution in [-0.2, 0) is 11.3 Å². The molecule has 0 atom stereocenters. The third kappa shape index (κ3) is 6.44. The fraction of sp³-hybridized carbons (Fsp3) is 0.0714. The summed E-state index contributed by atoms with van der Waals surface area (Å²) >= 11 is 12.4. The number of halogens is 2. The number of nitriles is 1. The van der Waals surface area contributed by atoms with Gasteiger partial charge < -0.3 is 10.1 Å². The summed E-state index contributed by atoms with van der Waals surface area (Å²) < 4.78 is 1.82. The Morgan fingerprint density at radius 2 is 1.81 bits per heavy atom. The van der Waals surface area contributed by atoms with Crippen LogP contribution < -0.4 is 0 Å². The Hall–Kier alpha value is -4.38. The molecule has 0 saturated carbocycles. The number of aromatic nitrogens is 4. The SMILES string of the molecule is CC(=O)O.N#C/C(=C\c1cn(Cc2ccc(Cl)cc2Cl)nc1-c1ccccc1)c1nc2ccccc2[nH]1. The number of carbonyl (C=O) groups is 1. The van der Waals surface area contributed by atoms with E-state index in [9.17, 15) is 5.26 Å². The fourth-order valence-corrected chi connectivity index (χ4v) is 4.13. The number of hydrogen-bond acceptors (Lipinski definition) is 4. The second-order valence-electron chi connectivity index (χ2n) is 8.02. The van der Waals surface area contributed by atoms with Crippen LogP contribution in [0.25, 0.3) is 33.9 Å². The molecule has 184 valence electrons. The highest BCUT2D eigenvalue weighted by Gasteiger charge is 2.14. The number of nitrogens with one attached hydrogen (secondary N) is 1. The summed E-state index contributed by atoms with van der Waals surface area (Å²) in [6.07, 6.45) is 3.72. The zero-order valence-corrected chi connectivity index (χ0v) is 21.2. The highest BCUT2D eigenvalue weighted by molar-refractivity contribution is 6.35. The van der Waals surface area contributed by atoms with Crippen LogP contribution in [-0.4, -0.2) is 30.8 Å². The van der Waals surface area contributed by atoms with Crippen molar-refractivity contribution in [2.75, 3.05) is 0 Å². The Balaban J connectivity index is 0.000000747. The number of benzene rings is 3. The largest absolute Gasteiger partial charge is 0.481 e. The summed E-state index contributed by atoms with van der Waals surface area (Å²) in [6, 6.07) is 25.2.